The van der Waals surface area contributed by atoms with Crippen LogP contribution in [0.5, 0.6) is 5.75 Å². The molecule has 1 aromatic carbocycles. The lowest BCUT2D eigenvalue weighted by molar-refractivity contribution is -0.150. The number of nitrogens with zero attached hydrogens (tertiary/aromatic N) is 1. The van der Waals surface area contributed by atoms with Gasteiger partial charge in [-0.05, 0) is 37.6 Å². The monoisotopic (exact) mass is 279 g/mol. The molecule has 0 unspecified atom stereocenters. The highest BCUT2D eigenvalue weighted by atomic mass is 16.5. The Bertz CT molecular complexity index is 424. The lowest BCUT2D eigenvalue weighted by Gasteiger charge is -2.31. The Kier molecular flexibility index (Phi) is 6.02. The molecule has 0 heterocycles. The first kappa shape index (κ1) is 16.5. The molecule has 4 nitrogen and oxygen atoms in total. The molecule has 112 valence electrons. The van der Waals surface area contributed by atoms with Crippen LogP contribution in [0.3, 0.4) is 0 Å². The van der Waals surface area contributed by atoms with Crippen molar-refractivity contribution in [2.45, 2.75) is 33.2 Å². The molecular weight excluding hydrogens is 254 g/mol. The van der Waals surface area contributed by atoms with Gasteiger partial charge in [-0.25, -0.2) is 0 Å². The number of methoxy groups -OCH3 is 1. The summed E-state index contributed by atoms with van der Waals surface area (Å²) >= 11 is 0. The molecule has 0 bridgehead atoms. The van der Waals surface area contributed by atoms with Crippen LogP contribution in [0.2, 0.25) is 0 Å². The quantitative estimate of drug-likeness (QED) is 0.794. The first-order valence-corrected chi connectivity index (χ1v) is 7.02. The van der Waals surface area contributed by atoms with Crippen molar-refractivity contribution in [1.82, 2.24) is 4.90 Å². The molecular formula is C16H25NO3. The number of hydrogen-bond donors (Lipinski definition) is 1. The van der Waals surface area contributed by atoms with Gasteiger partial charge in [-0.15, -0.1) is 0 Å². The van der Waals surface area contributed by atoms with Gasteiger partial charge in [0.05, 0.1) is 12.5 Å². The molecule has 0 saturated heterocycles. The van der Waals surface area contributed by atoms with E-state index in [0.29, 0.717) is 19.4 Å². The van der Waals surface area contributed by atoms with Crippen molar-refractivity contribution in [3.05, 3.63) is 29.8 Å². The van der Waals surface area contributed by atoms with Crippen LogP contribution in [0.25, 0.3) is 0 Å². The number of carbonyl (C=O) groups is 1. The number of carboxylic acid groups (broad SMARTS) is 1. The highest BCUT2D eigenvalue weighted by Gasteiger charge is 2.35. The first-order valence-electron chi connectivity index (χ1n) is 7.02. The predicted octanol–water partition coefficient (Wildman–Crippen LogP) is 3.02. The standard InChI is InChI=1S/C16H25NO3/c1-5-16(6-2,15(18)19)12-17(3)11-13-7-9-14(20-4)10-8-13/h7-10H,5-6,11-12H2,1-4H3,(H,18,19). The molecule has 0 saturated carbocycles. The van der Waals surface area contributed by atoms with Gasteiger partial charge >= 0.3 is 5.97 Å². The molecule has 0 aliphatic carbocycles. The van der Waals surface area contributed by atoms with Gasteiger partial charge in [-0.1, -0.05) is 26.0 Å². The second-order valence-corrected chi connectivity index (χ2v) is 5.31. The molecule has 0 aromatic heterocycles. The third-order valence-corrected chi connectivity index (χ3v) is 3.99. The van der Waals surface area contributed by atoms with E-state index in [1.807, 2.05) is 45.2 Å². The Morgan fingerprint density at radius 2 is 1.80 bits per heavy atom. The average Bonchev–Trinajstić information content (AvgIpc) is 2.45. The zero-order valence-electron chi connectivity index (χ0n) is 12.8. The summed E-state index contributed by atoms with van der Waals surface area (Å²) in [6.45, 7) is 5.18. The number of benzene rings is 1. The van der Waals surface area contributed by atoms with Crippen LogP contribution < -0.4 is 4.74 Å². The van der Waals surface area contributed by atoms with Crippen molar-refractivity contribution in [2.75, 3.05) is 20.7 Å². The van der Waals surface area contributed by atoms with E-state index in [1.54, 1.807) is 7.11 Å². The van der Waals surface area contributed by atoms with E-state index in [4.69, 9.17) is 4.74 Å². The van der Waals surface area contributed by atoms with Crippen molar-refractivity contribution in [3.63, 3.8) is 0 Å². The van der Waals surface area contributed by atoms with Crippen LogP contribution in [-0.2, 0) is 11.3 Å². The van der Waals surface area contributed by atoms with E-state index in [0.717, 1.165) is 17.9 Å². The van der Waals surface area contributed by atoms with Gasteiger partial charge in [0.2, 0.25) is 0 Å². The van der Waals surface area contributed by atoms with E-state index >= 15 is 0 Å². The fraction of sp³-hybridized carbons (Fsp3) is 0.562. The van der Waals surface area contributed by atoms with Crippen LogP contribution in [0, 0.1) is 5.41 Å². The zero-order valence-corrected chi connectivity index (χ0v) is 12.8. The zero-order chi connectivity index (χ0) is 15.2. The largest absolute Gasteiger partial charge is 0.497 e. The average molecular weight is 279 g/mol. The van der Waals surface area contributed by atoms with E-state index in [2.05, 4.69) is 4.90 Å². The fourth-order valence-corrected chi connectivity index (χ4v) is 2.46. The van der Waals surface area contributed by atoms with Crippen LogP contribution in [0.15, 0.2) is 24.3 Å². The van der Waals surface area contributed by atoms with E-state index in [9.17, 15) is 9.90 Å². The second kappa shape index (κ2) is 7.29. The van der Waals surface area contributed by atoms with Crippen LogP contribution >= 0.6 is 0 Å². The molecule has 1 aromatic rings. The third kappa shape index (κ3) is 3.97. The molecule has 0 amide bonds. The maximum absolute atomic E-state index is 11.5. The second-order valence-electron chi connectivity index (χ2n) is 5.31. The molecule has 0 atom stereocenters. The first-order chi connectivity index (χ1) is 9.47. The molecule has 0 aliphatic heterocycles. The fourth-order valence-electron chi connectivity index (χ4n) is 2.46. The normalized spacial score (nSPS) is 11.7. The number of aliphatic carboxylic acids is 1. The van der Waals surface area contributed by atoms with Gasteiger partial charge in [0.15, 0.2) is 0 Å². The van der Waals surface area contributed by atoms with Crippen molar-refractivity contribution in [2.24, 2.45) is 5.41 Å². The maximum Gasteiger partial charge on any atom is 0.310 e. The van der Waals surface area contributed by atoms with Gasteiger partial charge in [-0.2, -0.15) is 0 Å². The van der Waals surface area contributed by atoms with E-state index in [1.165, 1.54) is 0 Å². The minimum absolute atomic E-state index is 0.557. The van der Waals surface area contributed by atoms with Gasteiger partial charge in [0.1, 0.15) is 5.75 Å². The van der Waals surface area contributed by atoms with Gasteiger partial charge in [0, 0.05) is 13.1 Å². The number of carboxylic acids is 1. The highest BCUT2D eigenvalue weighted by Crippen LogP contribution is 2.28. The summed E-state index contributed by atoms with van der Waals surface area (Å²) < 4.78 is 5.13. The number of hydrogen-bond acceptors (Lipinski definition) is 3. The minimum Gasteiger partial charge on any atom is -0.497 e. The van der Waals surface area contributed by atoms with Crippen LogP contribution in [-0.4, -0.2) is 36.7 Å². The van der Waals surface area contributed by atoms with Gasteiger partial charge < -0.3 is 14.7 Å². The van der Waals surface area contributed by atoms with Crippen molar-refractivity contribution >= 4 is 5.97 Å². The molecule has 4 heteroatoms. The van der Waals surface area contributed by atoms with Gasteiger partial charge in [-0.3, -0.25) is 4.79 Å². The Morgan fingerprint density at radius 1 is 1.25 bits per heavy atom. The summed E-state index contributed by atoms with van der Waals surface area (Å²) in [7, 11) is 3.61. The highest BCUT2D eigenvalue weighted by molar-refractivity contribution is 5.74. The molecule has 0 radical (unpaired) electrons. The molecule has 0 fully saturated rings. The Labute approximate surface area is 121 Å². The van der Waals surface area contributed by atoms with Crippen molar-refractivity contribution in [1.29, 1.82) is 0 Å². The third-order valence-electron chi connectivity index (χ3n) is 3.99. The summed E-state index contributed by atoms with van der Waals surface area (Å²) in [4.78, 5) is 13.6. The predicted molar refractivity (Wildman–Crippen MR) is 80.0 cm³/mol. The molecule has 1 N–H and O–H groups in total. The molecule has 0 aliphatic rings. The Hall–Kier alpha value is -1.55. The Morgan fingerprint density at radius 3 is 2.20 bits per heavy atom. The van der Waals surface area contributed by atoms with Crippen molar-refractivity contribution < 1.29 is 14.6 Å². The smallest absolute Gasteiger partial charge is 0.310 e. The van der Waals surface area contributed by atoms with Crippen molar-refractivity contribution in [3.8, 4) is 5.75 Å². The Balaban J connectivity index is 2.69. The topological polar surface area (TPSA) is 49.8 Å². The summed E-state index contributed by atoms with van der Waals surface area (Å²) in [6.07, 6.45) is 1.29. The minimum atomic E-state index is -0.705. The lowest BCUT2D eigenvalue weighted by atomic mass is 9.82. The van der Waals surface area contributed by atoms with E-state index < -0.39 is 11.4 Å². The van der Waals surface area contributed by atoms with Gasteiger partial charge in [0.25, 0.3) is 0 Å². The SMILES string of the molecule is CCC(CC)(CN(C)Cc1ccc(OC)cc1)C(=O)O. The molecule has 1 rings (SSSR count). The number of rotatable bonds is 8. The summed E-state index contributed by atoms with van der Waals surface area (Å²) in [5.41, 5.74) is 0.501. The molecule has 20 heavy (non-hydrogen) atoms. The lowest BCUT2D eigenvalue weighted by Crippen LogP contribution is -2.40. The van der Waals surface area contributed by atoms with Crippen LogP contribution in [0.4, 0.5) is 0 Å². The summed E-state index contributed by atoms with van der Waals surface area (Å²) in [5, 5.41) is 9.46. The summed E-state index contributed by atoms with van der Waals surface area (Å²) in [6, 6.07) is 7.87. The maximum atomic E-state index is 11.5. The van der Waals surface area contributed by atoms with E-state index in [-0.39, 0.29) is 0 Å². The number of ether oxygens (including phenoxy) is 1. The molecule has 0 spiro atoms. The van der Waals surface area contributed by atoms with Crippen LogP contribution in [0.1, 0.15) is 32.3 Å². The summed E-state index contributed by atoms with van der Waals surface area (Å²) in [5.74, 6) is 0.127.